The number of phenolic OH excluding ortho intramolecular Hbond substituents is 1. The van der Waals surface area contributed by atoms with Gasteiger partial charge in [0.2, 0.25) is 5.91 Å². The quantitative estimate of drug-likeness (QED) is 0.544. The Morgan fingerprint density at radius 3 is 2.95 bits per heavy atom. The highest BCUT2D eigenvalue weighted by atomic mass is 32.2. The highest BCUT2D eigenvalue weighted by Crippen LogP contribution is 2.25. The Bertz CT molecular complexity index is 659. The van der Waals surface area contributed by atoms with Crippen molar-refractivity contribution in [3.8, 4) is 11.5 Å². The van der Waals surface area contributed by atoms with E-state index in [2.05, 4.69) is 15.5 Å². The molecule has 1 saturated heterocycles. The lowest BCUT2D eigenvalue weighted by atomic mass is 10.2. The minimum atomic E-state index is -1.05. The number of methoxy groups -OCH3 is 1. The summed E-state index contributed by atoms with van der Waals surface area (Å²) in [5, 5.41) is 27.9. The van der Waals surface area contributed by atoms with Crippen molar-refractivity contribution in [2.75, 3.05) is 7.11 Å². The first-order valence-electron chi connectivity index (χ1n) is 6.17. The maximum atomic E-state index is 11.5. The first kappa shape index (κ1) is 15.8. The van der Waals surface area contributed by atoms with Gasteiger partial charge in [-0.25, -0.2) is 0 Å². The number of phenols is 1. The van der Waals surface area contributed by atoms with Gasteiger partial charge < -0.3 is 20.3 Å². The number of rotatable bonds is 5. The van der Waals surface area contributed by atoms with Gasteiger partial charge in [-0.2, -0.15) is 5.10 Å². The Labute approximate surface area is 129 Å². The molecule has 0 aromatic heterocycles. The molecule has 0 unspecified atom stereocenters. The van der Waals surface area contributed by atoms with Crippen molar-refractivity contribution in [1.82, 2.24) is 5.32 Å². The maximum Gasteiger partial charge on any atom is 0.305 e. The molecule has 2 rings (SSSR count). The van der Waals surface area contributed by atoms with E-state index in [-0.39, 0.29) is 17.3 Å². The fourth-order valence-corrected chi connectivity index (χ4v) is 2.60. The van der Waals surface area contributed by atoms with Crippen molar-refractivity contribution in [2.45, 2.75) is 11.7 Å². The number of carboxylic acid groups (broad SMARTS) is 1. The van der Waals surface area contributed by atoms with Gasteiger partial charge in [0.15, 0.2) is 16.7 Å². The van der Waals surface area contributed by atoms with Crippen LogP contribution in [0.15, 0.2) is 28.4 Å². The minimum Gasteiger partial charge on any atom is -0.504 e. The third kappa shape index (κ3) is 3.98. The van der Waals surface area contributed by atoms with E-state index in [1.165, 1.54) is 19.4 Å². The molecule has 1 aliphatic rings. The smallest absolute Gasteiger partial charge is 0.305 e. The van der Waals surface area contributed by atoms with Crippen LogP contribution in [0.5, 0.6) is 11.5 Å². The summed E-state index contributed by atoms with van der Waals surface area (Å²) in [5.41, 5.74) is 0.596. The number of aliphatic carboxylic acids is 1. The molecule has 1 atom stereocenters. The van der Waals surface area contributed by atoms with Crippen LogP contribution in [0.3, 0.4) is 0 Å². The molecule has 8 nitrogen and oxygen atoms in total. The normalized spacial score (nSPS) is 19.6. The molecule has 1 aliphatic heterocycles. The highest BCUT2D eigenvalue weighted by molar-refractivity contribution is 8.15. The minimum absolute atomic E-state index is 0.0239. The molecule has 0 radical (unpaired) electrons. The molecule has 0 spiro atoms. The van der Waals surface area contributed by atoms with Crippen LogP contribution in [-0.2, 0) is 9.59 Å². The van der Waals surface area contributed by atoms with Gasteiger partial charge in [0, 0.05) is 0 Å². The number of hydrogen-bond donors (Lipinski definition) is 3. The fraction of sp³-hybridized carbons (Fsp3) is 0.231. The first-order valence-corrected chi connectivity index (χ1v) is 7.05. The van der Waals surface area contributed by atoms with Crippen LogP contribution in [0.25, 0.3) is 0 Å². The molecule has 3 N–H and O–H groups in total. The molecular weight excluding hydrogens is 310 g/mol. The number of amidine groups is 1. The van der Waals surface area contributed by atoms with Gasteiger partial charge >= 0.3 is 5.97 Å². The second kappa shape index (κ2) is 6.94. The van der Waals surface area contributed by atoms with E-state index in [0.717, 1.165) is 11.8 Å². The summed E-state index contributed by atoms with van der Waals surface area (Å²) in [6.45, 7) is 0. The van der Waals surface area contributed by atoms with E-state index in [1.54, 1.807) is 12.1 Å². The van der Waals surface area contributed by atoms with Crippen LogP contribution in [0, 0.1) is 0 Å². The molecule has 0 aliphatic carbocycles. The van der Waals surface area contributed by atoms with Crippen LogP contribution < -0.4 is 10.1 Å². The summed E-state index contributed by atoms with van der Waals surface area (Å²) in [6.07, 6.45) is 1.12. The number of benzene rings is 1. The summed E-state index contributed by atoms with van der Waals surface area (Å²) in [5.74, 6) is -1.13. The molecular formula is C13H13N3O5S. The average Bonchev–Trinajstić information content (AvgIpc) is 2.78. The molecule has 0 saturated carbocycles. The SMILES string of the molecule is COc1ccc(/C=N\N=C2/NC(=O)[C@@H](CC(=O)O)S2)cc1O. The molecule has 116 valence electrons. The Morgan fingerprint density at radius 1 is 1.55 bits per heavy atom. The van der Waals surface area contributed by atoms with E-state index in [4.69, 9.17) is 9.84 Å². The molecule has 1 amide bonds. The zero-order valence-corrected chi connectivity index (χ0v) is 12.3. The number of amides is 1. The Kier molecular flexibility index (Phi) is 4.99. The van der Waals surface area contributed by atoms with Gasteiger partial charge in [-0.05, 0) is 23.8 Å². The zero-order valence-electron chi connectivity index (χ0n) is 11.5. The van der Waals surface area contributed by atoms with Gasteiger partial charge in [0.25, 0.3) is 0 Å². The number of carboxylic acids is 1. The van der Waals surface area contributed by atoms with Gasteiger partial charge in [0.1, 0.15) is 5.25 Å². The molecule has 0 bridgehead atoms. The van der Waals surface area contributed by atoms with Crippen molar-refractivity contribution in [3.63, 3.8) is 0 Å². The van der Waals surface area contributed by atoms with Crippen LogP contribution in [0.1, 0.15) is 12.0 Å². The zero-order chi connectivity index (χ0) is 16.1. The van der Waals surface area contributed by atoms with E-state index in [9.17, 15) is 14.7 Å². The number of carbonyl (C=O) groups is 2. The maximum absolute atomic E-state index is 11.5. The molecule has 9 heteroatoms. The van der Waals surface area contributed by atoms with E-state index in [1.807, 2.05) is 0 Å². The largest absolute Gasteiger partial charge is 0.504 e. The van der Waals surface area contributed by atoms with Gasteiger partial charge in [0.05, 0.1) is 19.7 Å². The van der Waals surface area contributed by atoms with Gasteiger partial charge in [-0.1, -0.05) is 11.8 Å². The van der Waals surface area contributed by atoms with Crippen LogP contribution >= 0.6 is 11.8 Å². The van der Waals surface area contributed by atoms with Crippen molar-refractivity contribution in [2.24, 2.45) is 10.2 Å². The number of thioether (sulfide) groups is 1. The molecule has 1 aromatic rings. The lowest BCUT2D eigenvalue weighted by molar-refractivity contribution is -0.138. The second-order valence-electron chi connectivity index (χ2n) is 4.27. The summed E-state index contributed by atoms with van der Waals surface area (Å²) < 4.78 is 4.92. The number of carbonyl (C=O) groups excluding carboxylic acids is 1. The molecule has 22 heavy (non-hydrogen) atoms. The standard InChI is InChI=1S/C13H13N3O5S/c1-21-9-3-2-7(4-8(9)17)6-14-16-13-15-12(20)10(22-13)5-11(18)19/h2-4,6,10,17H,5H2,1H3,(H,18,19)(H,15,16,20)/b14-6-/t10-/m1/s1. The van der Waals surface area contributed by atoms with E-state index >= 15 is 0 Å². The van der Waals surface area contributed by atoms with Gasteiger partial charge in [-0.3, -0.25) is 9.59 Å². The van der Waals surface area contributed by atoms with Crippen molar-refractivity contribution >= 4 is 35.0 Å². The second-order valence-corrected chi connectivity index (χ2v) is 5.47. The number of nitrogens with one attached hydrogen (secondary N) is 1. The Hall–Kier alpha value is -2.55. The monoisotopic (exact) mass is 323 g/mol. The van der Waals surface area contributed by atoms with Gasteiger partial charge in [-0.15, -0.1) is 5.10 Å². The average molecular weight is 323 g/mol. The van der Waals surface area contributed by atoms with E-state index in [0.29, 0.717) is 11.3 Å². The summed E-state index contributed by atoms with van der Waals surface area (Å²) >= 11 is 1.02. The number of nitrogens with zero attached hydrogens (tertiary/aromatic N) is 2. The Balaban J connectivity index is 2.01. The van der Waals surface area contributed by atoms with Crippen molar-refractivity contribution < 1.29 is 24.5 Å². The third-order valence-corrected chi connectivity index (χ3v) is 3.77. The number of aromatic hydroxyl groups is 1. The Morgan fingerprint density at radius 2 is 2.32 bits per heavy atom. The topological polar surface area (TPSA) is 121 Å². The number of hydrogen-bond acceptors (Lipinski definition) is 7. The molecule has 1 fully saturated rings. The predicted molar refractivity (Wildman–Crippen MR) is 81.5 cm³/mol. The van der Waals surface area contributed by atoms with Crippen LogP contribution in [0.4, 0.5) is 0 Å². The molecule has 1 aromatic carbocycles. The first-order chi connectivity index (χ1) is 10.5. The van der Waals surface area contributed by atoms with Crippen molar-refractivity contribution in [1.29, 1.82) is 0 Å². The van der Waals surface area contributed by atoms with Crippen molar-refractivity contribution in [3.05, 3.63) is 23.8 Å². The predicted octanol–water partition coefficient (Wildman–Crippen LogP) is 0.797. The summed E-state index contributed by atoms with van der Waals surface area (Å²) in [4.78, 5) is 22.1. The summed E-state index contributed by atoms with van der Waals surface area (Å²) in [6, 6.07) is 4.71. The lowest BCUT2D eigenvalue weighted by Crippen LogP contribution is -2.26. The third-order valence-electron chi connectivity index (χ3n) is 2.69. The number of ether oxygens (including phenoxy) is 1. The summed E-state index contributed by atoms with van der Waals surface area (Å²) in [7, 11) is 1.45. The fourth-order valence-electron chi connectivity index (χ4n) is 1.68. The highest BCUT2D eigenvalue weighted by Gasteiger charge is 2.32. The van der Waals surface area contributed by atoms with Crippen LogP contribution in [-0.4, -0.2) is 45.8 Å². The van der Waals surface area contributed by atoms with E-state index < -0.39 is 17.1 Å². The van der Waals surface area contributed by atoms with Crippen LogP contribution in [0.2, 0.25) is 0 Å². The lowest BCUT2D eigenvalue weighted by Gasteiger charge is -2.02. The molecule has 1 heterocycles.